The fraction of sp³-hybridized carbons (Fsp3) is 0. The molecule has 0 bridgehead atoms. The molecule has 0 saturated heterocycles. The van der Waals surface area contributed by atoms with E-state index in [-0.39, 0.29) is 14.5 Å². The van der Waals surface area contributed by atoms with Crippen molar-refractivity contribution in [1.82, 2.24) is 19.5 Å². The van der Waals surface area contributed by atoms with Gasteiger partial charge in [-0.25, -0.2) is 0 Å². The van der Waals surface area contributed by atoms with Crippen LogP contribution in [-0.2, 0) is 0 Å². The number of hydrogen-bond donors (Lipinski definition) is 0. The van der Waals surface area contributed by atoms with Crippen molar-refractivity contribution in [2.45, 2.75) is 0 Å². The Kier molecular flexibility index (Phi) is 4.80. The topological polar surface area (TPSA) is 43.6 Å². The molecule has 4 nitrogen and oxygen atoms in total. The molecule has 0 aliphatic heterocycles. The zero-order valence-corrected chi connectivity index (χ0v) is 22.0. The van der Waals surface area contributed by atoms with Crippen molar-refractivity contribution in [3.63, 3.8) is 0 Å². The van der Waals surface area contributed by atoms with Crippen LogP contribution >= 0.6 is 0 Å². The van der Waals surface area contributed by atoms with Crippen LogP contribution in [0.3, 0.4) is 0 Å². The van der Waals surface area contributed by atoms with Crippen LogP contribution in [0, 0.1) is 0 Å². The van der Waals surface area contributed by atoms with Crippen LogP contribution in [0.1, 0.15) is 0 Å². The molecule has 38 heavy (non-hydrogen) atoms. The number of nitrogens with zero attached hydrogens (tertiary/aromatic N) is 4. The van der Waals surface area contributed by atoms with Gasteiger partial charge in [-0.1, -0.05) is 0 Å². The second-order valence-corrected chi connectivity index (χ2v) is 11.5. The molecule has 8 aromatic rings. The molecule has 0 aliphatic rings. The molecule has 5 heteroatoms. The summed E-state index contributed by atoms with van der Waals surface area (Å²) in [6.45, 7) is 0. The van der Waals surface area contributed by atoms with E-state index in [4.69, 9.17) is 15.0 Å². The van der Waals surface area contributed by atoms with Crippen LogP contribution in [0.4, 0.5) is 0 Å². The van der Waals surface area contributed by atoms with E-state index in [9.17, 15) is 0 Å². The summed E-state index contributed by atoms with van der Waals surface area (Å²) in [4.78, 5) is 15.1. The third-order valence-corrected chi connectivity index (χ3v) is 9.57. The Morgan fingerprint density at radius 3 is 1.76 bits per heavy atom. The van der Waals surface area contributed by atoms with Crippen molar-refractivity contribution >= 4 is 55.6 Å². The van der Waals surface area contributed by atoms with E-state index in [2.05, 4.69) is 89.5 Å². The first kappa shape index (κ1) is 21.5. The average Bonchev–Trinajstić information content (AvgIpc) is 3.54. The Hall–Kier alpha value is -4.57. The summed E-state index contributed by atoms with van der Waals surface area (Å²) >= 11 is 0.190. The second kappa shape index (κ2) is 8.49. The maximum absolute atomic E-state index is 5.09. The molecule has 0 radical (unpaired) electrons. The predicted molar refractivity (Wildman–Crippen MR) is 157 cm³/mol. The number of benzene rings is 5. The number of hydrogen-bond acceptors (Lipinski definition) is 3. The molecule has 0 fully saturated rings. The van der Waals surface area contributed by atoms with Gasteiger partial charge in [0.1, 0.15) is 0 Å². The molecule has 0 unspecified atom stereocenters. The van der Waals surface area contributed by atoms with Crippen LogP contribution in [0.5, 0.6) is 0 Å². The Morgan fingerprint density at radius 2 is 1.05 bits per heavy atom. The minimum absolute atomic E-state index is 0.190. The first-order valence-corrected chi connectivity index (χ1v) is 14.3. The van der Waals surface area contributed by atoms with Crippen molar-refractivity contribution in [1.29, 1.82) is 0 Å². The average molecular weight is 552 g/mol. The molecule has 0 saturated carbocycles. The molecule has 5 aromatic carbocycles. The van der Waals surface area contributed by atoms with Gasteiger partial charge in [0.05, 0.1) is 0 Å². The van der Waals surface area contributed by atoms with Gasteiger partial charge in [0.2, 0.25) is 0 Å². The summed E-state index contributed by atoms with van der Waals surface area (Å²) in [5.41, 5.74) is 4.24. The van der Waals surface area contributed by atoms with Crippen LogP contribution in [0.2, 0.25) is 0 Å². The summed E-state index contributed by atoms with van der Waals surface area (Å²) in [6, 6.07) is 42.2. The zero-order valence-electron chi connectivity index (χ0n) is 20.2. The van der Waals surface area contributed by atoms with Crippen LogP contribution in [-0.4, -0.2) is 34.0 Å². The second-order valence-electron chi connectivity index (χ2n) is 9.30. The van der Waals surface area contributed by atoms with Crippen molar-refractivity contribution < 1.29 is 0 Å². The first-order chi connectivity index (χ1) is 18.8. The van der Waals surface area contributed by atoms with Gasteiger partial charge in [-0.15, -0.1) is 0 Å². The molecule has 3 aromatic heterocycles. The van der Waals surface area contributed by atoms with E-state index >= 15 is 0 Å². The molecular formula is C33H20N4Se. The fourth-order valence-corrected chi connectivity index (χ4v) is 7.94. The third-order valence-electron chi connectivity index (χ3n) is 7.07. The molecule has 0 spiro atoms. The Labute approximate surface area is 224 Å². The van der Waals surface area contributed by atoms with Crippen molar-refractivity contribution in [2.24, 2.45) is 0 Å². The van der Waals surface area contributed by atoms with Crippen LogP contribution < -0.4 is 0 Å². The van der Waals surface area contributed by atoms with E-state index in [1.54, 1.807) is 0 Å². The zero-order chi connectivity index (χ0) is 25.1. The summed E-state index contributed by atoms with van der Waals surface area (Å²) in [5, 5.41) is 5.10. The molecule has 0 atom stereocenters. The number of fused-ring (bicyclic) bond motifs is 7. The van der Waals surface area contributed by atoms with Gasteiger partial charge in [0.15, 0.2) is 0 Å². The molecule has 0 aliphatic carbocycles. The van der Waals surface area contributed by atoms with E-state index < -0.39 is 0 Å². The molecule has 0 N–H and O–H groups in total. The van der Waals surface area contributed by atoms with E-state index in [0.29, 0.717) is 17.6 Å². The van der Waals surface area contributed by atoms with Crippen LogP contribution in [0.25, 0.3) is 69.8 Å². The number of aromatic nitrogens is 4. The van der Waals surface area contributed by atoms with Crippen molar-refractivity contribution in [3.05, 3.63) is 121 Å². The minimum atomic E-state index is 0.190. The molecule has 0 amide bonds. The molecule has 178 valence electrons. The van der Waals surface area contributed by atoms with Crippen LogP contribution in [0.15, 0.2) is 121 Å². The monoisotopic (exact) mass is 552 g/mol. The van der Waals surface area contributed by atoms with Crippen molar-refractivity contribution in [2.75, 3.05) is 0 Å². The molecular weight excluding hydrogens is 531 g/mol. The van der Waals surface area contributed by atoms with Gasteiger partial charge >= 0.3 is 225 Å². The third kappa shape index (κ3) is 3.26. The van der Waals surface area contributed by atoms with E-state index in [1.165, 1.54) is 35.6 Å². The maximum atomic E-state index is 5.09. The number of rotatable bonds is 3. The quantitative estimate of drug-likeness (QED) is 0.212. The standard InChI is InChI=1S/C33H20N4Se/c1-3-11-21(12-4-1)31-34-32(22-13-5-2-6-14-22)36-33(35-31)37-27-17-9-7-15-23(27)25-19-20-26-24-16-8-10-18-28(24)38-30(26)29(25)37/h1-20H. The molecule has 8 rings (SSSR count). The van der Waals surface area contributed by atoms with E-state index in [0.717, 1.165) is 16.6 Å². The van der Waals surface area contributed by atoms with Gasteiger partial charge in [-0.2, -0.15) is 0 Å². The fourth-order valence-electron chi connectivity index (χ4n) is 5.34. The van der Waals surface area contributed by atoms with E-state index in [1.807, 2.05) is 36.4 Å². The first-order valence-electron chi connectivity index (χ1n) is 12.6. The van der Waals surface area contributed by atoms with Crippen molar-refractivity contribution in [3.8, 4) is 28.7 Å². The van der Waals surface area contributed by atoms with Gasteiger partial charge in [-0.3, -0.25) is 0 Å². The SMILES string of the molecule is c1ccc(-c2nc(-c3ccccc3)nc(-n3c4ccccc4c4ccc5c6ccccc6[se]c5c43)n2)cc1. The number of para-hydroxylation sites is 1. The molecule has 3 heterocycles. The normalized spacial score (nSPS) is 11.7. The summed E-state index contributed by atoms with van der Waals surface area (Å²) in [7, 11) is 0. The summed E-state index contributed by atoms with van der Waals surface area (Å²) in [6.07, 6.45) is 0. The van der Waals surface area contributed by atoms with Gasteiger partial charge in [0, 0.05) is 0 Å². The Balaban J connectivity index is 1.53. The van der Waals surface area contributed by atoms with Gasteiger partial charge < -0.3 is 0 Å². The van der Waals surface area contributed by atoms with Gasteiger partial charge in [0.25, 0.3) is 0 Å². The Bertz CT molecular complexity index is 2070. The van der Waals surface area contributed by atoms with Gasteiger partial charge in [-0.05, 0) is 0 Å². The summed E-state index contributed by atoms with van der Waals surface area (Å²) < 4.78 is 5.07. The predicted octanol–water partition coefficient (Wildman–Crippen LogP) is 7.67. The Morgan fingerprint density at radius 1 is 0.474 bits per heavy atom. The summed E-state index contributed by atoms with van der Waals surface area (Å²) in [5.74, 6) is 1.98.